The van der Waals surface area contributed by atoms with E-state index >= 15 is 0 Å². The van der Waals surface area contributed by atoms with Gasteiger partial charge in [0, 0.05) is 69.1 Å². The number of aromatic nitrogens is 1. The van der Waals surface area contributed by atoms with Crippen molar-refractivity contribution in [2.75, 3.05) is 32.7 Å². The number of aliphatic imine (C=N–C) groups is 1. The van der Waals surface area contributed by atoms with Crippen molar-refractivity contribution in [3.05, 3.63) is 36.0 Å². The van der Waals surface area contributed by atoms with Crippen molar-refractivity contribution in [1.29, 1.82) is 0 Å². The Morgan fingerprint density at radius 3 is 1.77 bits per heavy atom. The Kier molecular flexibility index (Phi) is 21.7. The van der Waals surface area contributed by atoms with E-state index in [2.05, 4.69) is 31.2 Å². The summed E-state index contributed by atoms with van der Waals surface area (Å²) < 4.78 is 0. The number of nitrogens with zero attached hydrogens (tertiary/aromatic N) is 5. The third-order valence-electron chi connectivity index (χ3n) is 15.7. The summed E-state index contributed by atoms with van der Waals surface area (Å²) in [5.74, 6) is -8.48. The number of likely N-dealkylation sites (tertiary alicyclic amines) is 4. The minimum Gasteiger partial charge on any atom is -0.480 e. The van der Waals surface area contributed by atoms with E-state index in [9.17, 15) is 57.8 Å². The molecule has 0 radical (unpaired) electrons. The van der Waals surface area contributed by atoms with Gasteiger partial charge in [-0.15, -0.1) is 0 Å². The van der Waals surface area contributed by atoms with Crippen LogP contribution in [0.2, 0.25) is 0 Å². The van der Waals surface area contributed by atoms with E-state index in [4.69, 9.17) is 28.7 Å². The van der Waals surface area contributed by atoms with Crippen LogP contribution in [0.15, 0.2) is 35.5 Å². The van der Waals surface area contributed by atoms with Crippen molar-refractivity contribution in [2.24, 2.45) is 39.6 Å². The fourth-order valence-corrected chi connectivity index (χ4v) is 11.2. The van der Waals surface area contributed by atoms with Gasteiger partial charge in [-0.1, -0.05) is 38.5 Å². The standard InChI is InChI=1S/C53H79N15O12/c1-3-29(2)43(51(78)67-25-9-16-39(67)50(77)68-26-10-17-40(68)52(79)80)64-45(72)34(19-21-42(56)70)61-46(73)37-14-7-23-65(37)48(75)35(13-6-22-59-53(57)58)62-47(74)38-15-8-24-66(38)49(76)36(63-44(71)32(54)18-20-41(55)69)27-30-28-60-33-12-5-4-11-31(30)33/h4-5,11-12,28-29,32,34-40,43,60H,3,6-10,13-27,54H2,1-2H3,(H2,55,69)(H2,56,70)(H,61,73)(H,62,74)(H,63,71)(H,64,72)(H,79,80)(H4,57,58,59)/t29-,32-,34-,35-,36-,37-,38-,39-,40-,43-/m0/s1. The summed E-state index contributed by atoms with van der Waals surface area (Å²) in [6.45, 7) is 4.25. The number of hydrogen-bond donors (Lipinski definition) is 11. The number of aliphatic carboxylic acids is 1. The van der Waals surface area contributed by atoms with Crippen LogP contribution in [0.1, 0.15) is 116 Å². The van der Waals surface area contributed by atoms with E-state index in [0.29, 0.717) is 50.5 Å². The van der Waals surface area contributed by atoms with Crippen molar-refractivity contribution in [3.8, 4) is 0 Å². The van der Waals surface area contributed by atoms with Gasteiger partial charge in [-0.25, -0.2) is 4.79 Å². The molecule has 5 heterocycles. The number of benzene rings is 1. The van der Waals surface area contributed by atoms with Gasteiger partial charge in [-0.3, -0.25) is 52.9 Å². The minimum absolute atomic E-state index is 0.00589. The van der Waals surface area contributed by atoms with Crippen LogP contribution in [0.3, 0.4) is 0 Å². The highest BCUT2D eigenvalue weighted by Crippen LogP contribution is 2.28. The highest BCUT2D eigenvalue weighted by molar-refractivity contribution is 5.99. The molecule has 1 aromatic heterocycles. The number of carboxylic acid groups (broad SMARTS) is 1. The van der Waals surface area contributed by atoms with Crippen LogP contribution >= 0.6 is 0 Å². The first-order valence-corrected chi connectivity index (χ1v) is 27.7. The lowest BCUT2D eigenvalue weighted by atomic mass is 9.96. The SMILES string of the molecule is CC[C@H](C)[C@H](NC(=O)[C@H](CCC(N)=O)NC(=O)[C@@H]1CCCN1C(=O)[C@H](CCCN=C(N)N)NC(=O)[C@@H]1CCCN1C(=O)[C@H](Cc1c[nH]c2ccccc12)NC(=O)[C@@H](N)CCC(N)=O)C(=O)N1CCC[C@H]1C(=O)N1CCC[C@H]1C(=O)O. The molecule has 4 aliphatic heterocycles. The van der Waals surface area contributed by atoms with Crippen LogP contribution in [0, 0.1) is 5.92 Å². The summed E-state index contributed by atoms with van der Waals surface area (Å²) in [6, 6.07) is -3.12. The number of rotatable bonds is 27. The lowest BCUT2D eigenvalue weighted by molar-refractivity contribution is -0.152. The summed E-state index contributed by atoms with van der Waals surface area (Å²) in [6.07, 6.45) is 4.12. The molecule has 10 amide bonds. The maximum Gasteiger partial charge on any atom is 0.326 e. The summed E-state index contributed by atoms with van der Waals surface area (Å²) >= 11 is 0. The largest absolute Gasteiger partial charge is 0.480 e. The number of carbonyl (C=O) groups excluding carboxylic acids is 10. The first-order chi connectivity index (χ1) is 38.1. The third kappa shape index (κ3) is 15.5. The maximum atomic E-state index is 14.8. The Bertz CT molecular complexity index is 2660. The van der Waals surface area contributed by atoms with Crippen LogP contribution in [0.4, 0.5) is 0 Å². The number of H-pyrrole nitrogens is 1. The number of aromatic amines is 1. The minimum atomic E-state index is -1.43. The Morgan fingerprint density at radius 2 is 1.19 bits per heavy atom. The van der Waals surface area contributed by atoms with Gasteiger partial charge in [-0.2, -0.15) is 0 Å². The smallest absolute Gasteiger partial charge is 0.326 e. The molecule has 0 aliphatic carbocycles. The number of hydrogen-bond acceptors (Lipinski definition) is 13. The van der Waals surface area contributed by atoms with Crippen LogP contribution in [0.5, 0.6) is 0 Å². The number of nitrogens with two attached hydrogens (primary N) is 5. The molecule has 6 rings (SSSR count). The van der Waals surface area contributed by atoms with E-state index in [1.54, 1.807) is 13.1 Å². The van der Waals surface area contributed by atoms with Crippen LogP contribution in [-0.2, 0) is 59.2 Å². The van der Waals surface area contributed by atoms with Crippen molar-refractivity contribution in [2.45, 2.75) is 171 Å². The molecule has 27 heteroatoms. The Labute approximate surface area is 463 Å². The number of guanidine groups is 1. The second kappa shape index (κ2) is 28.3. The molecular weight excluding hydrogens is 1040 g/mol. The second-order valence-corrected chi connectivity index (χ2v) is 21.3. The van der Waals surface area contributed by atoms with Crippen LogP contribution < -0.4 is 49.9 Å². The third-order valence-corrected chi connectivity index (χ3v) is 15.7. The van der Waals surface area contributed by atoms with E-state index in [-0.39, 0.29) is 96.5 Å². The predicted molar refractivity (Wildman–Crippen MR) is 290 cm³/mol. The maximum absolute atomic E-state index is 14.8. The zero-order chi connectivity index (χ0) is 58.4. The van der Waals surface area contributed by atoms with Gasteiger partial charge in [0.1, 0.15) is 48.3 Å². The van der Waals surface area contributed by atoms with Crippen molar-refractivity contribution in [3.63, 3.8) is 0 Å². The molecule has 0 saturated carbocycles. The lowest BCUT2D eigenvalue weighted by Crippen LogP contribution is -2.60. The van der Waals surface area contributed by atoms with Crippen molar-refractivity contribution < 1.29 is 57.8 Å². The zero-order valence-electron chi connectivity index (χ0n) is 45.6. The Balaban J connectivity index is 1.18. The number of primary amides is 2. The Hall–Kier alpha value is -7.84. The van der Waals surface area contributed by atoms with Gasteiger partial charge in [0.25, 0.3) is 0 Å². The number of carboxylic acids is 1. The molecule has 2 aromatic rings. The van der Waals surface area contributed by atoms with Crippen molar-refractivity contribution >= 4 is 81.9 Å². The molecule has 16 N–H and O–H groups in total. The fraction of sp³-hybridized carbons (Fsp3) is 0.623. The second-order valence-electron chi connectivity index (χ2n) is 21.3. The molecule has 438 valence electrons. The average Bonchev–Trinajstić information content (AvgIpc) is 4.32. The summed E-state index contributed by atoms with van der Waals surface area (Å²) in [5.41, 5.74) is 29.6. The molecule has 27 nitrogen and oxygen atoms in total. The molecule has 4 fully saturated rings. The van der Waals surface area contributed by atoms with Crippen molar-refractivity contribution in [1.82, 2.24) is 45.9 Å². The van der Waals surface area contributed by atoms with E-state index in [1.807, 2.05) is 31.2 Å². The topological polar surface area (TPSA) is 427 Å². The first-order valence-electron chi connectivity index (χ1n) is 27.7. The molecule has 10 atom stereocenters. The fourth-order valence-electron chi connectivity index (χ4n) is 11.2. The molecule has 1 aromatic carbocycles. The summed E-state index contributed by atoms with van der Waals surface area (Å²) in [4.78, 5) is 162. The first kappa shape index (κ1) is 61.4. The molecule has 0 unspecified atom stereocenters. The Morgan fingerprint density at radius 1 is 0.650 bits per heavy atom. The molecule has 80 heavy (non-hydrogen) atoms. The monoisotopic (exact) mass is 1120 g/mol. The molecule has 0 spiro atoms. The van der Waals surface area contributed by atoms with E-state index in [0.717, 1.165) is 10.9 Å². The van der Waals surface area contributed by atoms with Gasteiger partial charge in [-0.05, 0) is 94.6 Å². The normalized spacial score (nSPS) is 21.2. The van der Waals surface area contributed by atoms with Crippen LogP contribution in [0.25, 0.3) is 10.9 Å². The highest BCUT2D eigenvalue weighted by Gasteiger charge is 2.46. The number of amides is 10. The van der Waals surface area contributed by atoms with Gasteiger partial charge in [0.15, 0.2) is 5.96 Å². The molecule has 4 saturated heterocycles. The lowest BCUT2D eigenvalue weighted by Gasteiger charge is -2.34. The number of fused-ring (bicyclic) bond motifs is 1. The highest BCUT2D eigenvalue weighted by atomic mass is 16.4. The quantitative estimate of drug-likeness (QED) is 0.0254. The summed E-state index contributed by atoms with van der Waals surface area (Å²) in [5, 5.41) is 21.6. The van der Waals surface area contributed by atoms with E-state index in [1.165, 1.54) is 19.6 Å². The number of para-hydroxylation sites is 1. The summed E-state index contributed by atoms with van der Waals surface area (Å²) in [7, 11) is 0. The molecule has 4 aliphatic rings. The average molecular weight is 1120 g/mol. The molecular formula is C53H79N15O12. The van der Waals surface area contributed by atoms with Crippen LogP contribution in [-0.4, -0.2) is 188 Å². The predicted octanol–water partition coefficient (Wildman–Crippen LogP) is -2.34. The van der Waals surface area contributed by atoms with Gasteiger partial charge in [0.05, 0.1) is 6.04 Å². The van der Waals surface area contributed by atoms with Gasteiger partial charge >= 0.3 is 5.97 Å². The van der Waals surface area contributed by atoms with Gasteiger partial charge in [0.2, 0.25) is 59.1 Å². The number of nitrogens with one attached hydrogen (secondary N) is 5. The molecule has 0 bridgehead atoms. The zero-order valence-corrected chi connectivity index (χ0v) is 45.6. The van der Waals surface area contributed by atoms with E-state index < -0.39 is 125 Å². The number of carbonyl (C=O) groups is 11. The van der Waals surface area contributed by atoms with Gasteiger partial charge < -0.3 is 79.6 Å².